The summed E-state index contributed by atoms with van der Waals surface area (Å²) in [6.45, 7) is 0. The maximum absolute atomic E-state index is 12.0. The molecule has 1 amide bonds. The van der Waals surface area contributed by atoms with Crippen molar-refractivity contribution in [3.05, 3.63) is 39.0 Å². The van der Waals surface area contributed by atoms with E-state index in [9.17, 15) is 4.79 Å². The van der Waals surface area contributed by atoms with Crippen LogP contribution >= 0.6 is 27.3 Å². The molecule has 3 N–H and O–H groups in total. The first kappa shape index (κ1) is 12.9. The third kappa shape index (κ3) is 2.65. The van der Waals surface area contributed by atoms with E-state index in [2.05, 4.69) is 21.2 Å². The van der Waals surface area contributed by atoms with Crippen LogP contribution in [0.1, 0.15) is 9.67 Å². The maximum atomic E-state index is 12.0. The minimum absolute atomic E-state index is 0.194. The van der Waals surface area contributed by atoms with Gasteiger partial charge in [0, 0.05) is 10.2 Å². The molecule has 94 valence electrons. The van der Waals surface area contributed by atoms with Crippen LogP contribution in [0.3, 0.4) is 0 Å². The normalized spacial score (nSPS) is 10.1. The summed E-state index contributed by atoms with van der Waals surface area (Å²) in [6.07, 6.45) is 0. The first-order valence-electron chi connectivity index (χ1n) is 5.09. The molecule has 0 spiro atoms. The molecule has 2 rings (SSSR count). The number of anilines is 2. The van der Waals surface area contributed by atoms with Crippen LogP contribution < -0.4 is 15.8 Å². The van der Waals surface area contributed by atoms with Crippen molar-refractivity contribution < 1.29 is 9.53 Å². The second kappa shape index (κ2) is 5.41. The smallest absolute Gasteiger partial charge is 0.266 e. The van der Waals surface area contributed by atoms with Gasteiger partial charge in [-0.05, 0) is 45.6 Å². The largest absolute Gasteiger partial charge is 0.495 e. The van der Waals surface area contributed by atoms with Gasteiger partial charge < -0.3 is 15.8 Å². The fraction of sp³-hybridized carbons (Fsp3) is 0.0833. The van der Waals surface area contributed by atoms with Crippen molar-refractivity contribution in [2.45, 2.75) is 0 Å². The molecule has 0 aliphatic rings. The Morgan fingerprint density at radius 2 is 2.22 bits per heavy atom. The van der Waals surface area contributed by atoms with Crippen molar-refractivity contribution in [3.63, 3.8) is 0 Å². The van der Waals surface area contributed by atoms with Crippen molar-refractivity contribution in [3.8, 4) is 5.75 Å². The van der Waals surface area contributed by atoms with Crippen molar-refractivity contribution in [2.24, 2.45) is 0 Å². The highest BCUT2D eigenvalue weighted by molar-refractivity contribution is 9.10. The van der Waals surface area contributed by atoms with Crippen LogP contribution in [0.15, 0.2) is 34.1 Å². The molecule has 0 unspecified atom stereocenters. The van der Waals surface area contributed by atoms with Crippen LogP contribution in [0.2, 0.25) is 0 Å². The van der Waals surface area contributed by atoms with Crippen LogP contribution in [0.5, 0.6) is 5.75 Å². The summed E-state index contributed by atoms with van der Waals surface area (Å²) in [5.41, 5.74) is 6.82. The van der Waals surface area contributed by atoms with Crippen LogP contribution in [-0.2, 0) is 0 Å². The fourth-order valence-corrected chi connectivity index (χ4v) is 2.90. The van der Waals surface area contributed by atoms with Gasteiger partial charge in [0.15, 0.2) is 0 Å². The molecule has 0 aliphatic carbocycles. The van der Waals surface area contributed by atoms with Gasteiger partial charge in [0.05, 0.1) is 12.8 Å². The van der Waals surface area contributed by atoms with Crippen LogP contribution in [0, 0.1) is 0 Å². The standard InChI is InChI=1S/C12H11BrN2O2S/c1-17-10-3-2-7(14)6-9(10)15-12(16)11-8(13)4-5-18-11/h2-6H,14H2,1H3,(H,15,16). The number of carbonyl (C=O) groups is 1. The van der Waals surface area contributed by atoms with Gasteiger partial charge in [-0.3, -0.25) is 4.79 Å². The molecule has 4 nitrogen and oxygen atoms in total. The maximum Gasteiger partial charge on any atom is 0.266 e. The Hall–Kier alpha value is -1.53. The van der Waals surface area contributed by atoms with Crippen molar-refractivity contribution in [1.29, 1.82) is 0 Å². The molecule has 6 heteroatoms. The third-order valence-corrected chi connectivity index (χ3v) is 4.13. The minimum Gasteiger partial charge on any atom is -0.495 e. The minimum atomic E-state index is -0.194. The van der Waals surface area contributed by atoms with E-state index in [0.717, 1.165) is 4.47 Å². The zero-order chi connectivity index (χ0) is 13.1. The molecule has 18 heavy (non-hydrogen) atoms. The highest BCUT2D eigenvalue weighted by Gasteiger charge is 2.14. The first-order chi connectivity index (χ1) is 8.61. The molecule has 0 bridgehead atoms. The number of carbonyl (C=O) groups excluding carboxylic acids is 1. The van der Waals surface area contributed by atoms with E-state index in [4.69, 9.17) is 10.5 Å². The van der Waals surface area contributed by atoms with E-state index < -0.39 is 0 Å². The number of benzene rings is 1. The molecule has 0 fully saturated rings. The first-order valence-corrected chi connectivity index (χ1v) is 6.77. The van der Waals surface area contributed by atoms with Crippen molar-refractivity contribution >= 4 is 44.5 Å². The van der Waals surface area contributed by atoms with Gasteiger partial charge in [-0.2, -0.15) is 0 Å². The predicted molar refractivity (Wildman–Crippen MR) is 77.4 cm³/mol. The number of nitrogens with one attached hydrogen (secondary N) is 1. The Kier molecular flexibility index (Phi) is 3.88. The highest BCUT2D eigenvalue weighted by Crippen LogP contribution is 2.29. The van der Waals surface area contributed by atoms with E-state index in [-0.39, 0.29) is 5.91 Å². The Balaban J connectivity index is 2.27. The van der Waals surface area contributed by atoms with E-state index in [0.29, 0.717) is 22.0 Å². The van der Waals surface area contributed by atoms with Crippen LogP contribution in [-0.4, -0.2) is 13.0 Å². The highest BCUT2D eigenvalue weighted by atomic mass is 79.9. The summed E-state index contributed by atoms with van der Waals surface area (Å²) >= 11 is 4.69. The Labute approximate surface area is 117 Å². The molecule has 1 aromatic carbocycles. The number of hydrogen-bond donors (Lipinski definition) is 2. The Bertz CT molecular complexity index is 583. The number of rotatable bonds is 3. The van der Waals surface area contributed by atoms with E-state index in [1.807, 2.05) is 11.4 Å². The van der Waals surface area contributed by atoms with E-state index >= 15 is 0 Å². The summed E-state index contributed by atoms with van der Waals surface area (Å²) < 4.78 is 5.94. The summed E-state index contributed by atoms with van der Waals surface area (Å²) in [7, 11) is 1.54. The molecule has 1 aromatic heterocycles. The summed E-state index contributed by atoms with van der Waals surface area (Å²) in [4.78, 5) is 12.7. The monoisotopic (exact) mass is 326 g/mol. The van der Waals surface area contributed by atoms with Gasteiger partial charge in [-0.1, -0.05) is 0 Å². The molecule has 1 heterocycles. The molecular formula is C12H11BrN2O2S. The number of halogens is 1. The lowest BCUT2D eigenvalue weighted by molar-refractivity contribution is 0.102. The predicted octanol–water partition coefficient (Wildman–Crippen LogP) is 3.35. The molecule has 0 saturated heterocycles. The van der Waals surface area contributed by atoms with Crippen molar-refractivity contribution in [1.82, 2.24) is 0 Å². The topological polar surface area (TPSA) is 64.3 Å². The number of nitrogen functional groups attached to an aromatic ring is 1. The average molecular weight is 327 g/mol. The lowest BCUT2D eigenvalue weighted by Crippen LogP contribution is -2.11. The van der Waals surface area contributed by atoms with Gasteiger partial charge in [-0.15, -0.1) is 11.3 Å². The third-order valence-electron chi connectivity index (χ3n) is 2.30. The summed E-state index contributed by atoms with van der Waals surface area (Å²) in [6, 6.07) is 6.93. The van der Waals surface area contributed by atoms with Crippen LogP contribution in [0.4, 0.5) is 11.4 Å². The number of hydrogen-bond acceptors (Lipinski definition) is 4. The summed E-state index contributed by atoms with van der Waals surface area (Å²) in [5, 5.41) is 4.62. The quantitative estimate of drug-likeness (QED) is 0.850. The van der Waals surface area contributed by atoms with Gasteiger partial charge >= 0.3 is 0 Å². The fourth-order valence-electron chi connectivity index (χ4n) is 1.46. The van der Waals surface area contributed by atoms with Gasteiger partial charge in [0.2, 0.25) is 0 Å². The number of ether oxygens (including phenoxy) is 1. The second-order valence-electron chi connectivity index (χ2n) is 3.51. The van der Waals surface area contributed by atoms with Gasteiger partial charge in [0.25, 0.3) is 5.91 Å². The molecule has 0 atom stereocenters. The zero-order valence-corrected chi connectivity index (χ0v) is 12.0. The molecule has 0 radical (unpaired) electrons. The average Bonchev–Trinajstić information content (AvgIpc) is 2.76. The SMILES string of the molecule is COc1ccc(N)cc1NC(=O)c1sccc1Br. The van der Waals surface area contributed by atoms with Crippen LogP contribution in [0.25, 0.3) is 0 Å². The lowest BCUT2D eigenvalue weighted by Gasteiger charge is -2.10. The van der Waals surface area contributed by atoms with E-state index in [1.165, 1.54) is 11.3 Å². The second-order valence-corrected chi connectivity index (χ2v) is 5.28. The molecule has 0 saturated carbocycles. The number of nitrogens with two attached hydrogens (primary N) is 1. The molecular weight excluding hydrogens is 316 g/mol. The number of thiophene rings is 1. The molecule has 2 aromatic rings. The summed E-state index contributed by atoms with van der Waals surface area (Å²) in [5.74, 6) is 0.381. The van der Waals surface area contributed by atoms with E-state index in [1.54, 1.807) is 25.3 Å². The van der Waals surface area contributed by atoms with Gasteiger partial charge in [-0.25, -0.2) is 0 Å². The van der Waals surface area contributed by atoms with Gasteiger partial charge in [0.1, 0.15) is 10.6 Å². The molecule has 0 aliphatic heterocycles. The Morgan fingerprint density at radius 1 is 1.44 bits per heavy atom. The number of amides is 1. The van der Waals surface area contributed by atoms with Crippen molar-refractivity contribution in [2.75, 3.05) is 18.2 Å². The Morgan fingerprint density at radius 3 is 2.83 bits per heavy atom. The number of methoxy groups -OCH3 is 1. The lowest BCUT2D eigenvalue weighted by atomic mass is 10.2. The zero-order valence-electron chi connectivity index (χ0n) is 9.57.